The molecule has 0 fully saturated rings. The van der Waals surface area contributed by atoms with E-state index in [4.69, 9.17) is 18.6 Å². The Morgan fingerprint density at radius 3 is 2.66 bits per heavy atom. The van der Waals surface area contributed by atoms with Crippen molar-refractivity contribution in [2.24, 2.45) is 0 Å². The van der Waals surface area contributed by atoms with Crippen LogP contribution in [0.5, 0.6) is 11.5 Å². The van der Waals surface area contributed by atoms with Gasteiger partial charge in [0.2, 0.25) is 0 Å². The molecule has 0 bridgehead atoms. The van der Waals surface area contributed by atoms with Crippen LogP contribution in [0.25, 0.3) is 17.0 Å². The maximum atomic E-state index is 12.1. The quantitative estimate of drug-likeness (QED) is 0.273. The van der Waals surface area contributed by atoms with Gasteiger partial charge < -0.3 is 18.6 Å². The van der Waals surface area contributed by atoms with E-state index in [9.17, 15) is 14.4 Å². The summed E-state index contributed by atoms with van der Waals surface area (Å²) >= 11 is 0. The lowest BCUT2D eigenvalue weighted by molar-refractivity contribution is -0.128. The van der Waals surface area contributed by atoms with E-state index in [0.717, 1.165) is 5.56 Å². The third kappa shape index (κ3) is 4.70. The van der Waals surface area contributed by atoms with Crippen LogP contribution < -0.4 is 15.1 Å². The summed E-state index contributed by atoms with van der Waals surface area (Å²) in [6, 6.07) is 13.1. The average Bonchev–Trinajstić information content (AvgIpc) is 2.72. The highest BCUT2D eigenvalue weighted by Gasteiger charge is 2.15. The number of rotatable bonds is 6. The van der Waals surface area contributed by atoms with Crippen molar-refractivity contribution in [2.75, 3.05) is 13.7 Å². The Kier molecular flexibility index (Phi) is 6.09. The van der Waals surface area contributed by atoms with Crippen molar-refractivity contribution >= 4 is 29.0 Å². The number of carbonyl (C=O) groups is 2. The van der Waals surface area contributed by atoms with E-state index in [-0.39, 0.29) is 23.5 Å². The normalized spacial score (nSPS) is 10.8. The van der Waals surface area contributed by atoms with E-state index >= 15 is 0 Å². The Morgan fingerprint density at radius 1 is 1.10 bits per heavy atom. The van der Waals surface area contributed by atoms with E-state index in [0.29, 0.717) is 11.1 Å². The summed E-state index contributed by atoms with van der Waals surface area (Å²) in [7, 11) is 1.54. The summed E-state index contributed by atoms with van der Waals surface area (Å²) in [4.78, 5) is 35.9. The Morgan fingerprint density at radius 2 is 1.90 bits per heavy atom. The molecule has 0 aliphatic heterocycles. The number of carbonyl (C=O) groups excluding carboxylic acids is 2. The van der Waals surface area contributed by atoms with Crippen LogP contribution in [-0.4, -0.2) is 25.7 Å². The lowest BCUT2D eigenvalue weighted by atomic mass is 10.2. The van der Waals surface area contributed by atoms with Gasteiger partial charge in [0, 0.05) is 23.1 Å². The number of hydrogen-bond acceptors (Lipinski definition) is 7. The molecule has 0 radical (unpaired) electrons. The predicted molar refractivity (Wildman–Crippen MR) is 106 cm³/mol. The summed E-state index contributed by atoms with van der Waals surface area (Å²) in [5, 5.41) is 0.497. The monoisotopic (exact) mass is 394 g/mol. The minimum Gasteiger partial charge on any atom is -0.496 e. The van der Waals surface area contributed by atoms with E-state index in [1.165, 1.54) is 24.3 Å². The Hall–Kier alpha value is -3.87. The molecule has 1 heterocycles. The van der Waals surface area contributed by atoms with Crippen molar-refractivity contribution in [3.05, 3.63) is 76.2 Å². The van der Waals surface area contributed by atoms with Crippen molar-refractivity contribution in [1.29, 1.82) is 0 Å². The van der Waals surface area contributed by atoms with Gasteiger partial charge in [-0.15, -0.1) is 0 Å². The largest absolute Gasteiger partial charge is 0.496 e. The fraction of sp³-hybridized carbons (Fsp3) is 0.136. The van der Waals surface area contributed by atoms with Gasteiger partial charge in [0.25, 0.3) is 0 Å². The molecular formula is C22H18O7. The number of ether oxygens (including phenoxy) is 3. The molecule has 0 amide bonds. The van der Waals surface area contributed by atoms with Gasteiger partial charge in [0.05, 0.1) is 13.7 Å². The second kappa shape index (κ2) is 8.88. The standard InChI is InChI=1S/C22H18O7/c1-3-27-21(24)17-12-15-8-10-16(13-19(15)29-22(17)25)28-20(23)11-9-14-6-4-5-7-18(14)26-2/h4-13H,3H2,1-2H3/b11-9+. The van der Waals surface area contributed by atoms with Gasteiger partial charge in [0.15, 0.2) is 0 Å². The molecular weight excluding hydrogens is 376 g/mol. The van der Waals surface area contributed by atoms with E-state index in [1.807, 2.05) is 12.1 Å². The molecule has 7 nitrogen and oxygen atoms in total. The van der Waals surface area contributed by atoms with Gasteiger partial charge in [-0.1, -0.05) is 18.2 Å². The SMILES string of the molecule is CCOC(=O)c1cc2ccc(OC(=O)/C=C/c3ccccc3OC)cc2oc1=O. The summed E-state index contributed by atoms with van der Waals surface area (Å²) in [5.41, 5.74) is -0.107. The fourth-order valence-electron chi connectivity index (χ4n) is 2.62. The van der Waals surface area contributed by atoms with Gasteiger partial charge in [0.1, 0.15) is 22.6 Å². The van der Waals surface area contributed by atoms with Gasteiger partial charge in [-0.05, 0) is 37.3 Å². The highest BCUT2D eigenvalue weighted by atomic mass is 16.5. The maximum absolute atomic E-state index is 12.1. The van der Waals surface area contributed by atoms with Gasteiger partial charge in [-0.25, -0.2) is 14.4 Å². The second-order valence-electron chi connectivity index (χ2n) is 5.86. The Labute approximate surface area is 166 Å². The minimum absolute atomic E-state index is 0.146. The summed E-state index contributed by atoms with van der Waals surface area (Å²) in [5.74, 6) is -0.540. The van der Waals surface area contributed by atoms with E-state index < -0.39 is 17.6 Å². The molecule has 1 aromatic heterocycles. The maximum Gasteiger partial charge on any atom is 0.351 e. The predicted octanol–water partition coefficient (Wildman–Crippen LogP) is 3.60. The molecule has 7 heteroatoms. The smallest absolute Gasteiger partial charge is 0.351 e. The van der Waals surface area contributed by atoms with Crippen LogP contribution in [0.15, 0.2) is 63.8 Å². The van der Waals surface area contributed by atoms with Crippen LogP contribution in [0.4, 0.5) is 0 Å². The van der Waals surface area contributed by atoms with Crippen LogP contribution in [0.3, 0.4) is 0 Å². The number of para-hydroxylation sites is 1. The van der Waals surface area contributed by atoms with Gasteiger partial charge in [-0.2, -0.15) is 0 Å². The number of fused-ring (bicyclic) bond motifs is 1. The third-order valence-electron chi connectivity index (χ3n) is 3.96. The van der Waals surface area contributed by atoms with Crippen molar-refractivity contribution in [3.63, 3.8) is 0 Å². The first-order valence-corrected chi connectivity index (χ1v) is 8.79. The molecule has 148 valence electrons. The third-order valence-corrected chi connectivity index (χ3v) is 3.96. The summed E-state index contributed by atoms with van der Waals surface area (Å²) in [6.45, 7) is 1.79. The first kappa shape index (κ1) is 19.9. The Balaban J connectivity index is 1.79. The molecule has 0 N–H and O–H groups in total. The molecule has 0 atom stereocenters. The van der Waals surface area contributed by atoms with Gasteiger partial charge in [-0.3, -0.25) is 0 Å². The molecule has 0 spiro atoms. The van der Waals surface area contributed by atoms with E-state index in [2.05, 4.69) is 0 Å². The Bertz CT molecular complexity index is 1140. The van der Waals surface area contributed by atoms with Crippen molar-refractivity contribution < 1.29 is 28.2 Å². The zero-order valence-corrected chi connectivity index (χ0v) is 15.8. The fourth-order valence-corrected chi connectivity index (χ4v) is 2.62. The first-order chi connectivity index (χ1) is 14.0. The summed E-state index contributed by atoms with van der Waals surface area (Å²) in [6.07, 6.45) is 2.84. The van der Waals surface area contributed by atoms with Gasteiger partial charge >= 0.3 is 17.6 Å². The molecule has 0 saturated carbocycles. The number of esters is 2. The van der Waals surface area contributed by atoms with Crippen LogP contribution in [0, 0.1) is 0 Å². The highest BCUT2D eigenvalue weighted by Crippen LogP contribution is 2.22. The zero-order valence-electron chi connectivity index (χ0n) is 15.8. The highest BCUT2D eigenvalue weighted by molar-refractivity contribution is 5.93. The zero-order chi connectivity index (χ0) is 20.8. The second-order valence-corrected chi connectivity index (χ2v) is 5.86. The van der Waals surface area contributed by atoms with Crippen LogP contribution in [0.2, 0.25) is 0 Å². The van der Waals surface area contributed by atoms with Crippen molar-refractivity contribution in [1.82, 2.24) is 0 Å². The average molecular weight is 394 g/mol. The topological polar surface area (TPSA) is 92.0 Å². The lowest BCUT2D eigenvalue weighted by Crippen LogP contribution is -2.16. The van der Waals surface area contributed by atoms with Crippen LogP contribution in [0.1, 0.15) is 22.8 Å². The molecule has 0 aliphatic carbocycles. The lowest BCUT2D eigenvalue weighted by Gasteiger charge is -2.05. The molecule has 3 aromatic rings. The molecule has 2 aromatic carbocycles. The van der Waals surface area contributed by atoms with Crippen molar-refractivity contribution in [2.45, 2.75) is 6.92 Å². The molecule has 3 rings (SSSR count). The molecule has 0 aliphatic rings. The molecule has 0 saturated heterocycles. The summed E-state index contributed by atoms with van der Waals surface area (Å²) < 4.78 is 20.5. The number of methoxy groups -OCH3 is 1. The van der Waals surface area contributed by atoms with E-state index in [1.54, 1.807) is 38.3 Å². The molecule has 29 heavy (non-hydrogen) atoms. The minimum atomic E-state index is -0.824. The van der Waals surface area contributed by atoms with Crippen LogP contribution >= 0.6 is 0 Å². The number of benzene rings is 2. The van der Waals surface area contributed by atoms with Crippen LogP contribution in [-0.2, 0) is 9.53 Å². The first-order valence-electron chi connectivity index (χ1n) is 8.79. The molecule has 0 unspecified atom stereocenters. The number of hydrogen-bond donors (Lipinski definition) is 0. The van der Waals surface area contributed by atoms with Crippen molar-refractivity contribution in [3.8, 4) is 11.5 Å².